The first-order valence-corrected chi connectivity index (χ1v) is 4.53. The molecule has 0 amide bonds. The topological polar surface area (TPSA) is 67.8 Å². The second kappa shape index (κ2) is 3.31. The van der Waals surface area contributed by atoms with Crippen molar-refractivity contribution in [3.63, 3.8) is 0 Å². The number of imidazole rings is 1. The average Bonchev–Trinajstić information content (AvgIpc) is 2.71. The SMILES string of the molecule is Cc1occc1-c1ncc(C(C)N)[nH]1. The molecule has 0 fully saturated rings. The molecular formula is C10H13N3O. The van der Waals surface area contributed by atoms with Crippen LogP contribution in [-0.2, 0) is 0 Å². The van der Waals surface area contributed by atoms with E-state index in [1.807, 2.05) is 19.9 Å². The van der Waals surface area contributed by atoms with Crippen molar-refractivity contribution in [2.24, 2.45) is 5.73 Å². The monoisotopic (exact) mass is 191 g/mol. The molecular weight excluding hydrogens is 178 g/mol. The van der Waals surface area contributed by atoms with E-state index in [0.717, 1.165) is 22.8 Å². The number of nitrogens with one attached hydrogen (secondary N) is 1. The van der Waals surface area contributed by atoms with Crippen molar-refractivity contribution in [3.05, 3.63) is 30.0 Å². The number of hydrogen-bond acceptors (Lipinski definition) is 3. The fraction of sp³-hybridized carbons (Fsp3) is 0.300. The standard InChI is InChI=1S/C10H13N3O/c1-6(11)9-5-12-10(13-9)8-3-4-14-7(8)2/h3-6H,11H2,1-2H3,(H,12,13). The number of rotatable bonds is 2. The summed E-state index contributed by atoms with van der Waals surface area (Å²) < 4.78 is 5.20. The molecule has 0 saturated carbocycles. The predicted molar refractivity (Wildman–Crippen MR) is 53.6 cm³/mol. The van der Waals surface area contributed by atoms with Crippen LogP contribution < -0.4 is 5.73 Å². The van der Waals surface area contributed by atoms with E-state index in [4.69, 9.17) is 10.2 Å². The second-order valence-electron chi connectivity index (χ2n) is 3.37. The van der Waals surface area contributed by atoms with Gasteiger partial charge in [0.2, 0.25) is 0 Å². The van der Waals surface area contributed by atoms with Gasteiger partial charge in [-0.3, -0.25) is 0 Å². The smallest absolute Gasteiger partial charge is 0.141 e. The van der Waals surface area contributed by atoms with Crippen molar-refractivity contribution in [3.8, 4) is 11.4 Å². The lowest BCUT2D eigenvalue weighted by Crippen LogP contribution is -2.04. The first-order valence-electron chi connectivity index (χ1n) is 4.53. The largest absolute Gasteiger partial charge is 0.469 e. The maximum Gasteiger partial charge on any atom is 0.141 e. The van der Waals surface area contributed by atoms with Crippen LogP contribution in [0, 0.1) is 6.92 Å². The normalized spacial score (nSPS) is 13.1. The van der Waals surface area contributed by atoms with Gasteiger partial charge in [-0.05, 0) is 19.9 Å². The van der Waals surface area contributed by atoms with Gasteiger partial charge in [-0.2, -0.15) is 0 Å². The minimum Gasteiger partial charge on any atom is -0.469 e. The van der Waals surface area contributed by atoms with Gasteiger partial charge in [0.1, 0.15) is 11.6 Å². The van der Waals surface area contributed by atoms with Crippen LogP contribution in [0.2, 0.25) is 0 Å². The van der Waals surface area contributed by atoms with Gasteiger partial charge in [-0.25, -0.2) is 4.98 Å². The van der Waals surface area contributed by atoms with Gasteiger partial charge < -0.3 is 15.1 Å². The summed E-state index contributed by atoms with van der Waals surface area (Å²) in [6, 6.07) is 1.86. The van der Waals surface area contributed by atoms with Gasteiger partial charge in [0.05, 0.1) is 23.7 Å². The van der Waals surface area contributed by atoms with Crippen LogP contribution >= 0.6 is 0 Å². The number of furan rings is 1. The number of aromatic nitrogens is 2. The highest BCUT2D eigenvalue weighted by atomic mass is 16.3. The van der Waals surface area contributed by atoms with Gasteiger partial charge in [0.15, 0.2) is 0 Å². The van der Waals surface area contributed by atoms with Crippen LogP contribution in [0.3, 0.4) is 0 Å². The Bertz CT molecular complexity index is 428. The van der Waals surface area contributed by atoms with Crippen molar-refractivity contribution in [1.29, 1.82) is 0 Å². The number of aromatic amines is 1. The lowest BCUT2D eigenvalue weighted by molar-refractivity contribution is 0.535. The number of nitrogens with zero attached hydrogens (tertiary/aromatic N) is 1. The van der Waals surface area contributed by atoms with E-state index in [1.165, 1.54) is 0 Å². The minimum atomic E-state index is -0.0246. The quantitative estimate of drug-likeness (QED) is 0.762. The lowest BCUT2D eigenvalue weighted by Gasteiger charge is -1.98. The molecule has 0 bridgehead atoms. The first-order chi connectivity index (χ1) is 6.68. The average molecular weight is 191 g/mol. The molecule has 0 aliphatic rings. The van der Waals surface area contributed by atoms with Gasteiger partial charge in [0, 0.05) is 6.04 Å². The molecule has 0 spiro atoms. The Morgan fingerprint density at radius 3 is 2.86 bits per heavy atom. The van der Waals surface area contributed by atoms with E-state index in [0.29, 0.717) is 0 Å². The molecule has 2 aromatic heterocycles. The highest BCUT2D eigenvalue weighted by Crippen LogP contribution is 2.22. The third-order valence-electron chi connectivity index (χ3n) is 2.20. The van der Waals surface area contributed by atoms with Crippen molar-refractivity contribution in [2.45, 2.75) is 19.9 Å². The van der Waals surface area contributed by atoms with E-state index in [2.05, 4.69) is 9.97 Å². The molecule has 3 N–H and O–H groups in total. The Labute approximate surface area is 82.1 Å². The fourth-order valence-electron chi connectivity index (χ4n) is 1.33. The Kier molecular flexibility index (Phi) is 2.13. The highest BCUT2D eigenvalue weighted by molar-refractivity contribution is 5.57. The summed E-state index contributed by atoms with van der Waals surface area (Å²) in [5, 5.41) is 0. The summed E-state index contributed by atoms with van der Waals surface area (Å²) in [6.45, 7) is 3.82. The summed E-state index contributed by atoms with van der Waals surface area (Å²) >= 11 is 0. The lowest BCUT2D eigenvalue weighted by atomic mass is 10.2. The summed E-state index contributed by atoms with van der Waals surface area (Å²) in [5.74, 6) is 1.67. The van der Waals surface area contributed by atoms with E-state index >= 15 is 0 Å². The molecule has 0 radical (unpaired) electrons. The third-order valence-corrected chi connectivity index (χ3v) is 2.20. The molecule has 1 atom stereocenters. The molecule has 74 valence electrons. The molecule has 0 saturated heterocycles. The third kappa shape index (κ3) is 1.44. The van der Waals surface area contributed by atoms with Crippen LogP contribution in [0.25, 0.3) is 11.4 Å². The van der Waals surface area contributed by atoms with Crippen LogP contribution in [0.15, 0.2) is 22.9 Å². The van der Waals surface area contributed by atoms with Gasteiger partial charge in [0.25, 0.3) is 0 Å². The van der Waals surface area contributed by atoms with Crippen LogP contribution in [0.5, 0.6) is 0 Å². The number of aryl methyl sites for hydroxylation is 1. The molecule has 2 heterocycles. The van der Waals surface area contributed by atoms with Crippen molar-refractivity contribution < 1.29 is 4.42 Å². The van der Waals surface area contributed by atoms with E-state index < -0.39 is 0 Å². The molecule has 4 nitrogen and oxygen atoms in total. The van der Waals surface area contributed by atoms with Crippen LogP contribution in [0.1, 0.15) is 24.4 Å². The van der Waals surface area contributed by atoms with Gasteiger partial charge in [-0.1, -0.05) is 0 Å². The fourth-order valence-corrected chi connectivity index (χ4v) is 1.33. The van der Waals surface area contributed by atoms with Gasteiger partial charge >= 0.3 is 0 Å². The molecule has 4 heteroatoms. The zero-order valence-corrected chi connectivity index (χ0v) is 8.24. The zero-order valence-electron chi connectivity index (χ0n) is 8.24. The molecule has 14 heavy (non-hydrogen) atoms. The summed E-state index contributed by atoms with van der Waals surface area (Å²) in [5.41, 5.74) is 7.64. The van der Waals surface area contributed by atoms with E-state index in [9.17, 15) is 0 Å². The summed E-state index contributed by atoms with van der Waals surface area (Å²) in [4.78, 5) is 7.40. The van der Waals surface area contributed by atoms with Crippen molar-refractivity contribution in [1.82, 2.24) is 9.97 Å². The Morgan fingerprint density at radius 2 is 2.36 bits per heavy atom. The molecule has 1 unspecified atom stereocenters. The van der Waals surface area contributed by atoms with E-state index in [1.54, 1.807) is 12.5 Å². The van der Waals surface area contributed by atoms with Gasteiger partial charge in [-0.15, -0.1) is 0 Å². The first kappa shape index (κ1) is 9.02. The Balaban J connectivity index is 2.39. The van der Waals surface area contributed by atoms with Crippen LogP contribution in [-0.4, -0.2) is 9.97 Å². The predicted octanol–water partition coefficient (Wildman–Crippen LogP) is 2.00. The van der Waals surface area contributed by atoms with Crippen molar-refractivity contribution in [2.75, 3.05) is 0 Å². The number of hydrogen-bond donors (Lipinski definition) is 2. The van der Waals surface area contributed by atoms with Crippen LogP contribution in [0.4, 0.5) is 0 Å². The second-order valence-corrected chi connectivity index (χ2v) is 3.37. The molecule has 2 rings (SSSR count). The molecule has 0 aromatic carbocycles. The molecule has 0 aliphatic heterocycles. The minimum absolute atomic E-state index is 0.0246. The number of H-pyrrole nitrogens is 1. The maximum absolute atomic E-state index is 5.72. The highest BCUT2D eigenvalue weighted by Gasteiger charge is 2.09. The Morgan fingerprint density at radius 1 is 1.57 bits per heavy atom. The Hall–Kier alpha value is -1.55. The maximum atomic E-state index is 5.72. The molecule has 0 aliphatic carbocycles. The van der Waals surface area contributed by atoms with Crippen molar-refractivity contribution >= 4 is 0 Å². The summed E-state index contributed by atoms with van der Waals surface area (Å²) in [7, 11) is 0. The summed E-state index contributed by atoms with van der Waals surface area (Å²) in [6.07, 6.45) is 3.41. The molecule has 2 aromatic rings. The van der Waals surface area contributed by atoms with E-state index in [-0.39, 0.29) is 6.04 Å². The number of nitrogens with two attached hydrogens (primary N) is 1. The zero-order chi connectivity index (χ0) is 10.1.